The van der Waals surface area contributed by atoms with Crippen LogP contribution in [-0.2, 0) is 12.3 Å². The Labute approximate surface area is 178 Å². The quantitative estimate of drug-likeness (QED) is 0.260. The van der Waals surface area contributed by atoms with Gasteiger partial charge in [0.15, 0.2) is 5.16 Å². The van der Waals surface area contributed by atoms with Crippen molar-refractivity contribution < 1.29 is 9.52 Å². The molecule has 1 N–H and O–H groups in total. The van der Waals surface area contributed by atoms with Crippen molar-refractivity contribution in [2.45, 2.75) is 23.9 Å². The van der Waals surface area contributed by atoms with Crippen LogP contribution in [0.3, 0.4) is 0 Å². The molecule has 0 radical (unpaired) electrons. The average Bonchev–Trinajstić information content (AvgIpc) is 2.71. The number of fused-ring (bicyclic) bond motifs is 2. The van der Waals surface area contributed by atoms with Crippen molar-refractivity contribution in [3.8, 4) is 0 Å². The molecule has 2 heterocycles. The summed E-state index contributed by atoms with van der Waals surface area (Å²) in [5.41, 5.74) is 1.39. The van der Waals surface area contributed by atoms with E-state index < -0.39 is 5.63 Å². The Hall–Kier alpha value is -2.42. The molecule has 0 unspecified atom stereocenters. The molecular weight excluding hydrogens is 456 g/mol. The number of hydrogen-bond acceptors (Lipinski definition) is 6. The van der Waals surface area contributed by atoms with Crippen LogP contribution in [0.5, 0.6) is 0 Å². The summed E-state index contributed by atoms with van der Waals surface area (Å²) in [4.78, 5) is 29.6. The predicted molar refractivity (Wildman–Crippen MR) is 117 cm³/mol. The highest BCUT2D eigenvalue weighted by molar-refractivity contribution is 9.10. The SMILES string of the molecule is O=c1cc(CSc2nc3ccccc3c(=O)n2CCCO)c2ccc(Br)cc2o1. The largest absolute Gasteiger partial charge is 0.423 e. The number of benzene rings is 2. The van der Waals surface area contributed by atoms with E-state index >= 15 is 0 Å². The summed E-state index contributed by atoms with van der Waals surface area (Å²) in [6.45, 7) is 0.364. The van der Waals surface area contributed by atoms with E-state index in [0.717, 1.165) is 15.4 Å². The Kier molecular flexibility index (Phi) is 5.84. The number of para-hydroxylation sites is 1. The number of rotatable bonds is 6. The second kappa shape index (κ2) is 8.52. The molecule has 4 rings (SSSR count). The fourth-order valence-corrected chi connectivity index (χ4v) is 4.51. The van der Waals surface area contributed by atoms with Gasteiger partial charge in [-0.1, -0.05) is 39.8 Å². The number of aliphatic hydroxyl groups is 1. The first-order valence-electron chi connectivity index (χ1n) is 9.02. The van der Waals surface area contributed by atoms with Crippen LogP contribution >= 0.6 is 27.7 Å². The van der Waals surface area contributed by atoms with Gasteiger partial charge in [-0.3, -0.25) is 9.36 Å². The number of halogens is 1. The summed E-state index contributed by atoms with van der Waals surface area (Å²) in [6, 6.07) is 14.2. The normalized spacial score (nSPS) is 11.4. The molecule has 148 valence electrons. The zero-order valence-corrected chi connectivity index (χ0v) is 17.7. The smallest absolute Gasteiger partial charge is 0.336 e. The van der Waals surface area contributed by atoms with Crippen molar-refractivity contribution in [2.24, 2.45) is 0 Å². The third-order valence-corrected chi connectivity index (χ3v) is 6.03. The highest BCUT2D eigenvalue weighted by Crippen LogP contribution is 2.27. The highest BCUT2D eigenvalue weighted by Gasteiger charge is 2.13. The molecular formula is C21H17BrN2O4S. The third-order valence-electron chi connectivity index (χ3n) is 4.52. The maximum absolute atomic E-state index is 12.9. The Morgan fingerprint density at radius 1 is 1.10 bits per heavy atom. The molecule has 0 aliphatic heterocycles. The van der Waals surface area contributed by atoms with Crippen molar-refractivity contribution in [2.75, 3.05) is 6.61 Å². The van der Waals surface area contributed by atoms with Crippen molar-refractivity contribution in [1.82, 2.24) is 9.55 Å². The lowest BCUT2D eigenvalue weighted by atomic mass is 10.1. The second-order valence-corrected chi connectivity index (χ2v) is 8.32. The monoisotopic (exact) mass is 472 g/mol. The zero-order chi connectivity index (χ0) is 20.4. The lowest BCUT2D eigenvalue weighted by Crippen LogP contribution is -2.24. The molecule has 8 heteroatoms. The van der Waals surface area contributed by atoms with Crippen LogP contribution in [0.15, 0.2) is 72.2 Å². The van der Waals surface area contributed by atoms with E-state index in [0.29, 0.717) is 40.4 Å². The maximum Gasteiger partial charge on any atom is 0.336 e. The molecule has 29 heavy (non-hydrogen) atoms. The number of aromatic nitrogens is 2. The van der Waals surface area contributed by atoms with Crippen LogP contribution in [0.25, 0.3) is 21.9 Å². The van der Waals surface area contributed by atoms with E-state index in [2.05, 4.69) is 20.9 Å². The Bertz CT molecular complexity index is 1320. The van der Waals surface area contributed by atoms with Gasteiger partial charge in [-0.05, 0) is 42.3 Å². The first-order chi connectivity index (χ1) is 14.1. The molecule has 2 aromatic heterocycles. The van der Waals surface area contributed by atoms with Crippen LogP contribution in [0.2, 0.25) is 0 Å². The Balaban J connectivity index is 1.76. The molecule has 0 aliphatic rings. The van der Waals surface area contributed by atoms with Gasteiger partial charge < -0.3 is 9.52 Å². The molecule has 0 atom stereocenters. The van der Waals surface area contributed by atoms with Gasteiger partial charge in [0.1, 0.15) is 5.58 Å². The van der Waals surface area contributed by atoms with Gasteiger partial charge >= 0.3 is 5.63 Å². The molecule has 0 saturated carbocycles. The highest BCUT2D eigenvalue weighted by atomic mass is 79.9. The van der Waals surface area contributed by atoms with Gasteiger partial charge in [0, 0.05) is 34.8 Å². The summed E-state index contributed by atoms with van der Waals surface area (Å²) in [5.74, 6) is 0.452. The number of aliphatic hydroxyl groups excluding tert-OH is 1. The van der Waals surface area contributed by atoms with Gasteiger partial charge in [-0.15, -0.1) is 0 Å². The van der Waals surface area contributed by atoms with Gasteiger partial charge in [-0.25, -0.2) is 9.78 Å². The van der Waals surface area contributed by atoms with Crippen LogP contribution in [0.4, 0.5) is 0 Å². The topological polar surface area (TPSA) is 85.3 Å². The molecule has 2 aromatic carbocycles. The molecule has 0 spiro atoms. The first kappa shape index (κ1) is 19.9. The Morgan fingerprint density at radius 3 is 2.76 bits per heavy atom. The van der Waals surface area contributed by atoms with Crippen molar-refractivity contribution in [3.05, 3.63) is 79.3 Å². The first-order valence-corrected chi connectivity index (χ1v) is 10.8. The fourth-order valence-electron chi connectivity index (χ4n) is 3.15. The second-order valence-electron chi connectivity index (χ2n) is 6.47. The van der Waals surface area contributed by atoms with Crippen LogP contribution in [0.1, 0.15) is 12.0 Å². The Morgan fingerprint density at radius 2 is 1.93 bits per heavy atom. The van der Waals surface area contributed by atoms with Gasteiger partial charge in [0.2, 0.25) is 0 Å². The summed E-state index contributed by atoms with van der Waals surface area (Å²) in [5, 5.41) is 11.2. The third kappa shape index (κ3) is 4.14. The fraction of sp³-hybridized carbons (Fsp3) is 0.190. The standard InChI is InChI=1S/C21H17BrN2O4S/c22-14-6-7-15-13(10-19(26)28-18(15)11-14)12-29-21-23-17-5-2-1-4-16(17)20(27)24(21)8-3-9-25/h1-2,4-7,10-11,25H,3,8-9,12H2. The number of thioether (sulfide) groups is 1. The van der Waals surface area contributed by atoms with E-state index in [1.807, 2.05) is 24.3 Å². The molecule has 0 bridgehead atoms. The van der Waals surface area contributed by atoms with E-state index in [1.54, 1.807) is 22.8 Å². The summed E-state index contributed by atoms with van der Waals surface area (Å²) in [6.07, 6.45) is 0.458. The van der Waals surface area contributed by atoms with Crippen LogP contribution < -0.4 is 11.2 Å². The van der Waals surface area contributed by atoms with Gasteiger partial charge in [0.05, 0.1) is 10.9 Å². The molecule has 0 saturated heterocycles. The lowest BCUT2D eigenvalue weighted by molar-refractivity contribution is 0.276. The summed E-state index contributed by atoms with van der Waals surface area (Å²) < 4.78 is 7.71. The minimum Gasteiger partial charge on any atom is -0.423 e. The number of nitrogens with zero attached hydrogens (tertiary/aromatic N) is 2. The zero-order valence-electron chi connectivity index (χ0n) is 15.3. The minimum atomic E-state index is -0.421. The molecule has 6 nitrogen and oxygen atoms in total. The van der Waals surface area contributed by atoms with E-state index in [1.165, 1.54) is 17.8 Å². The minimum absolute atomic E-state index is 0.0113. The predicted octanol–water partition coefficient (Wildman–Crippen LogP) is 3.94. The van der Waals surface area contributed by atoms with Gasteiger partial charge in [-0.2, -0.15) is 0 Å². The van der Waals surface area contributed by atoms with Crippen LogP contribution in [0, 0.1) is 0 Å². The van der Waals surface area contributed by atoms with Crippen molar-refractivity contribution >= 4 is 49.6 Å². The number of hydrogen-bond donors (Lipinski definition) is 1. The summed E-state index contributed by atoms with van der Waals surface area (Å²) in [7, 11) is 0. The molecule has 4 aromatic rings. The van der Waals surface area contributed by atoms with E-state index in [-0.39, 0.29) is 12.2 Å². The van der Waals surface area contributed by atoms with E-state index in [9.17, 15) is 14.7 Å². The summed E-state index contributed by atoms with van der Waals surface area (Å²) >= 11 is 4.77. The lowest BCUT2D eigenvalue weighted by Gasteiger charge is -2.13. The van der Waals surface area contributed by atoms with E-state index in [4.69, 9.17) is 4.42 Å². The molecule has 0 aliphatic carbocycles. The van der Waals surface area contributed by atoms with Crippen molar-refractivity contribution in [1.29, 1.82) is 0 Å². The molecule has 0 amide bonds. The average molecular weight is 473 g/mol. The maximum atomic E-state index is 12.9. The molecule has 0 fully saturated rings. The van der Waals surface area contributed by atoms with Crippen LogP contribution in [-0.4, -0.2) is 21.3 Å². The van der Waals surface area contributed by atoms with Gasteiger partial charge in [0.25, 0.3) is 5.56 Å². The van der Waals surface area contributed by atoms with Crippen molar-refractivity contribution in [3.63, 3.8) is 0 Å².